The first-order valence-corrected chi connectivity index (χ1v) is 8.84. The number of carboxylic acid groups (broad SMARTS) is 1. The van der Waals surface area contributed by atoms with Crippen LogP contribution in [0, 0.1) is 5.92 Å². The normalized spacial score (nSPS) is 24.2. The summed E-state index contributed by atoms with van der Waals surface area (Å²) in [5, 5.41) is 12.2. The van der Waals surface area contributed by atoms with Crippen molar-refractivity contribution in [2.24, 2.45) is 5.92 Å². The maximum Gasteiger partial charge on any atom is 0.317 e. The highest BCUT2D eigenvalue weighted by Gasteiger charge is 2.38. The first kappa shape index (κ1) is 17.0. The van der Waals surface area contributed by atoms with E-state index in [4.69, 9.17) is 5.11 Å². The quantitative estimate of drug-likeness (QED) is 0.767. The molecule has 5 heteroatoms. The molecule has 0 spiro atoms. The molecule has 0 aromatic heterocycles. The zero-order chi connectivity index (χ0) is 17.1. The summed E-state index contributed by atoms with van der Waals surface area (Å²) in [5.41, 5.74) is 1.02. The van der Waals surface area contributed by atoms with E-state index in [0.717, 1.165) is 24.9 Å². The van der Waals surface area contributed by atoms with Gasteiger partial charge in [0.25, 0.3) is 0 Å². The van der Waals surface area contributed by atoms with Gasteiger partial charge in [0.15, 0.2) is 0 Å². The van der Waals surface area contributed by atoms with E-state index in [2.05, 4.69) is 10.2 Å². The fourth-order valence-corrected chi connectivity index (χ4v) is 3.37. The Hall–Kier alpha value is -1.88. The van der Waals surface area contributed by atoms with E-state index in [1.807, 2.05) is 37.3 Å². The second-order valence-electron chi connectivity index (χ2n) is 7.23. The number of amides is 1. The van der Waals surface area contributed by atoms with E-state index < -0.39 is 5.97 Å². The number of carbonyl (C=O) groups is 2. The number of hydrogen-bond acceptors (Lipinski definition) is 3. The van der Waals surface area contributed by atoms with Gasteiger partial charge in [-0.3, -0.25) is 14.5 Å². The number of rotatable bonds is 8. The Kier molecular flexibility index (Phi) is 5.19. The largest absolute Gasteiger partial charge is 0.480 e. The standard InChI is InChI=1S/C19H26N2O3/c1-13(15-5-3-2-4-6-15)19(24)20-16-9-17(10-16)21(12-18(22)23)11-14-7-8-14/h2-6,13-14,16-17H,7-12H2,1H3,(H,20,24)(H,22,23)/t13-,16?,17?/m1/s1. The van der Waals surface area contributed by atoms with Gasteiger partial charge in [0, 0.05) is 18.6 Å². The molecule has 0 bridgehead atoms. The maximum atomic E-state index is 12.4. The molecule has 0 aliphatic heterocycles. The molecule has 5 nitrogen and oxygen atoms in total. The van der Waals surface area contributed by atoms with Crippen molar-refractivity contribution >= 4 is 11.9 Å². The molecule has 1 amide bonds. The second-order valence-corrected chi connectivity index (χ2v) is 7.23. The molecule has 0 radical (unpaired) electrons. The number of benzene rings is 1. The van der Waals surface area contributed by atoms with Gasteiger partial charge in [-0.1, -0.05) is 30.3 Å². The summed E-state index contributed by atoms with van der Waals surface area (Å²) in [6, 6.07) is 10.2. The summed E-state index contributed by atoms with van der Waals surface area (Å²) >= 11 is 0. The van der Waals surface area contributed by atoms with Gasteiger partial charge in [0.2, 0.25) is 5.91 Å². The van der Waals surface area contributed by atoms with Gasteiger partial charge in [-0.25, -0.2) is 0 Å². The van der Waals surface area contributed by atoms with Crippen LogP contribution in [-0.2, 0) is 9.59 Å². The van der Waals surface area contributed by atoms with Crippen LogP contribution in [0.2, 0.25) is 0 Å². The van der Waals surface area contributed by atoms with Crippen LogP contribution in [0.1, 0.15) is 44.1 Å². The fraction of sp³-hybridized carbons (Fsp3) is 0.579. The smallest absolute Gasteiger partial charge is 0.317 e. The molecule has 2 N–H and O–H groups in total. The number of carbonyl (C=O) groups excluding carboxylic acids is 1. The van der Waals surface area contributed by atoms with Crippen molar-refractivity contribution < 1.29 is 14.7 Å². The maximum absolute atomic E-state index is 12.4. The Balaban J connectivity index is 1.46. The molecule has 24 heavy (non-hydrogen) atoms. The lowest BCUT2D eigenvalue weighted by Crippen LogP contribution is -2.55. The summed E-state index contributed by atoms with van der Waals surface area (Å²) in [5.74, 6) is -0.194. The molecule has 2 fully saturated rings. The predicted molar refractivity (Wildman–Crippen MR) is 91.7 cm³/mol. The molecule has 2 saturated carbocycles. The zero-order valence-corrected chi connectivity index (χ0v) is 14.1. The third kappa shape index (κ3) is 4.35. The molecule has 0 saturated heterocycles. The van der Waals surface area contributed by atoms with Gasteiger partial charge in [-0.05, 0) is 44.1 Å². The number of carboxylic acids is 1. The molecule has 1 aromatic rings. The lowest BCUT2D eigenvalue weighted by molar-refractivity contribution is -0.140. The Morgan fingerprint density at radius 2 is 1.92 bits per heavy atom. The van der Waals surface area contributed by atoms with Crippen LogP contribution in [0.25, 0.3) is 0 Å². The number of hydrogen-bond donors (Lipinski definition) is 2. The Morgan fingerprint density at radius 1 is 1.25 bits per heavy atom. The molecule has 0 unspecified atom stereocenters. The first-order valence-electron chi connectivity index (χ1n) is 8.84. The molecule has 2 aliphatic carbocycles. The second kappa shape index (κ2) is 7.34. The van der Waals surface area contributed by atoms with Gasteiger partial charge in [0.1, 0.15) is 0 Å². The fourth-order valence-electron chi connectivity index (χ4n) is 3.37. The van der Waals surface area contributed by atoms with Gasteiger partial charge < -0.3 is 10.4 Å². The molecule has 0 heterocycles. The average molecular weight is 330 g/mol. The Morgan fingerprint density at radius 3 is 2.50 bits per heavy atom. The van der Waals surface area contributed by atoms with Crippen molar-refractivity contribution in [1.82, 2.24) is 10.2 Å². The van der Waals surface area contributed by atoms with Gasteiger partial charge in [0.05, 0.1) is 12.5 Å². The third-order valence-electron chi connectivity index (χ3n) is 5.20. The highest BCUT2D eigenvalue weighted by atomic mass is 16.4. The highest BCUT2D eigenvalue weighted by Crippen LogP contribution is 2.34. The van der Waals surface area contributed by atoms with Crippen LogP contribution >= 0.6 is 0 Å². The summed E-state index contributed by atoms with van der Waals surface area (Å²) in [4.78, 5) is 25.5. The van der Waals surface area contributed by atoms with Crippen molar-refractivity contribution in [3.05, 3.63) is 35.9 Å². The van der Waals surface area contributed by atoms with Crippen molar-refractivity contribution in [3.8, 4) is 0 Å². The monoisotopic (exact) mass is 330 g/mol. The average Bonchev–Trinajstić information content (AvgIpc) is 3.33. The predicted octanol–water partition coefficient (Wildman–Crippen LogP) is 2.23. The third-order valence-corrected chi connectivity index (χ3v) is 5.20. The van der Waals surface area contributed by atoms with Gasteiger partial charge in [-0.15, -0.1) is 0 Å². The first-order chi connectivity index (χ1) is 11.5. The zero-order valence-electron chi connectivity index (χ0n) is 14.1. The van der Waals surface area contributed by atoms with Crippen molar-refractivity contribution in [1.29, 1.82) is 0 Å². The van der Waals surface area contributed by atoms with Crippen LogP contribution in [-0.4, -0.2) is 47.1 Å². The SMILES string of the molecule is C[C@@H](C(=O)NC1CC(N(CC(=O)O)CC2CC2)C1)c1ccccc1. The number of aliphatic carboxylic acids is 1. The molecule has 2 aliphatic rings. The van der Waals surface area contributed by atoms with Crippen LogP contribution in [0.4, 0.5) is 0 Å². The lowest BCUT2D eigenvalue weighted by Gasteiger charge is -2.43. The minimum atomic E-state index is -0.763. The van der Waals surface area contributed by atoms with Gasteiger partial charge >= 0.3 is 5.97 Å². The summed E-state index contributed by atoms with van der Waals surface area (Å²) in [6.45, 7) is 2.92. The van der Waals surface area contributed by atoms with E-state index in [1.165, 1.54) is 12.8 Å². The van der Waals surface area contributed by atoms with Crippen LogP contribution in [0.3, 0.4) is 0 Å². The number of nitrogens with one attached hydrogen (secondary N) is 1. The molecule has 130 valence electrons. The molecule has 1 aromatic carbocycles. The van der Waals surface area contributed by atoms with E-state index >= 15 is 0 Å². The highest BCUT2D eigenvalue weighted by molar-refractivity contribution is 5.83. The van der Waals surface area contributed by atoms with Crippen molar-refractivity contribution in [2.75, 3.05) is 13.1 Å². The summed E-state index contributed by atoms with van der Waals surface area (Å²) in [7, 11) is 0. The number of nitrogens with zero attached hydrogens (tertiary/aromatic N) is 1. The van der Waals surface area contributed by atoms with E-state index in [0.29, 0.717) is 12.0 Å². The van der Waals surface area contributed by atoms with E-state index in [1.54, 1.807) is 0 Å². The minimum absolute atomic E-state index is 0.0524. The molecular formula is C19H26N2O3. The molecular weight excluding hydrogens is 304 g/mol. The summed E-state index contributed by atoms with van der Waals surface area (Å²) in [6.07, 6.45) is 4.15. The van der Waals surface area contributed by atoms with E-state index in [-0.39, 0.29) is 24.4 Å². The molecule has 3 rings (SSSR count). The lowest BCUT2D eigenvalue weighted by atomic mass is 9.84. The topological polar surface area (TPSA) is 69.6 Å². The Bertz CT molecular complexity index is 580. The minimum Gasteiger partial charge on any atom is -0.480 e. The van der Waals surface area contributed by atoms with Crippen molar-refractivity contribution in [3.63, 3.8) is 0 Å². The van der Waals surface area contributed by atoms with Gasteiger partial charge in [-0.2, -0.15) is 0 Å². The van der Waals surface area contributed by atoms with Crippen LogP contribution < -0.4 is 5.32 Å². The Labute approximate surface area is 143 Å². The van der Waals surface area contributed by atoms with Crippen LogP contribution in [0.5, 0.6) is 0 Å². The van der Waals surface area contributed by atoms with Crippen LogP contribution in [0.15, 0.2) is 30.3 Å². The van der Waals surface area contributed by atoms with Crippen molar-refractivity contribution in [2.45, 2.75) is 50.6 Å². The molecule has 1 atom stereocenters. The van der Waals surface area contributed by atoms with E-state index in [9.17, 15) is 9.59 Å². The summed E-state index contributed by atoms with van der Waals surface area (Å²) < 4.78 is 0.